The molecule has 0 saturated carbocycles. The molecule has 5 nitrogen and oxygen atoms in total. The summed E-state index contributed by atoms with van der Waals surface area (Å²) in [5.74, 6) is -0.100. The van der Waals surface area contributed by atoms with Crippen LogP contribution in [0.25, 0.3) is 0 Å². The van der Waals surface area contributed by atoms with Gasteiger partial charge in [0, 0.05) is 12.6 Å². The number of hydrogen-bond donors (Lipinski definition) is 2. The highest BCUT2D eigenvalue weighted by Crippen LogP contribution is 2.14. The zero-order valence-corrected chi connectivity index (χ0v) is 10.8. The van der Waals surface area contributed by atoms with Gasteiger partial charge >= 0.3 is 0 Å². The van der Waals surface area contributed by atoms with Crippen LogP contribution in [0.15, 0.2) is 24.3 Å². The molecule has 0 spiro atoms. The van der Waals surface area contributed by atoms with Crippen molar-refractivity contribution in [2.24, 2.45) is 5.73 Å². The third-order valence-corrected chi connectivity index (χ3v) is 3.23. The number of amides is 1. The van der Waals surface area contributed by atoms with E-state index in [0.29, 0.717) is 17.8 Å². The molecule has 1 saturated heterocycles. The van der Waals surface area contributed by atoms with Gasteiger partial charge in [0.1, 0.15) is 6.07 Å². The number of likely N-dealkylation sites (tertiary alicyclic amines) is 1. The second-order valence-electron chi connectivity index (χ2n) is 4.84. The molecule has 1 amide bonds. The zero-order chi connectivity index (χ0) is 13.7. The van der Waals surface area contributed by atoms with E-state index < -0.39 is 0 Å². The van der Waals surface area contributed by atoms with Crippen molar-refractivity contribution < 1.29 is 4.79 Å². The average molecular weight is 258 g/mol. The molecule has 2 rings (SSSR count). The molecule has 1 aromatic rings. The first-order valence-corrected chi connectivity index (χ1v) is 6.46. The summed E-state index contributed by atoms with van der Waals surface area (Å²) in [4.78, 5) is 14.0. The van der Waals surface area contributed by atoms with E-state index in [-0.39, 0.29) is 11.9 Å². The molecular formula is C14H18N4O. The molecule has 0 radical (unpaired) electrons. The Bertz CT molecular complexity index is 494. The number of hydrogen-bond acceptors (Lipinski definition) is 4. The van der Waals surface area contributed by atoms with Crippen LogP contribution >= 0.6 is 0 Å². The van der Waals surface area contributed by atoms with Crippen molar-refractivity contribution in [3.63, 3.8) is 0 Å². The van der Waals surface area contributed by atoms with Gasteiger partial charge in [-0.25, -0.2) is 0 Å². The molecule has 0 bridgehead atoms. The van der Waals surface area contributed by atoms with Gasteiger partial charge in [0.15, 0.2) is 0 Å². The summed E-state index contributed by atoms with van der Waals surface area (Å²) < 4.78 is 0. The first-order valence-electron chi connectivity index (χ1n) is 6.46. The lowest BCUT2D eigenvalue weighted by molar-refractivity contribution is -0.117. The minimum Gasteiger partial charge on any atom is -0.327 e. The summed E-state index contributed by atoms with van der Waals surface area (Å²) in [5.41, 5.74) is 6.93. The number of anilines is 1. The highest BCUT2D eigenvalue weighted by atomic mass is 16.2. The van der Waals surface area contributed by atoms with Crippen LogP contribution in [-0.2, 0) is 4.79 Å². The van der Waals surface area contributed by atoms with Gasteiger partial charge in [-0.05, 0) is 31.5 Å². The Labute approximate surface area is 113 Å². The van der Waals surface area contributed by atoms with Crippen LogP contribution in [-0.4, -0.2) is 36.5 Å². The molecule has 100 valence electrons. The van der Waals surface area contributed by atoms with Crippen LogP contribution in [0.4, 0.5) is 5.69 Å². The Kier molecular flexibility index (Phi) is 4.50. The van der Waals surface area contributed by atoms with Gasteiger partial charge in [-0.15, -0.1) is 0 Å². The Hall–Kier alpha value is -1.90. The number of piperidine rings is 1. The number of nitrogens with one attached hydrogen (secondary N) is 1. The van der Waals surface area contributed by atoms with Gasteiger partial charge < -0.3 is 11.1 Å². The highest BCUT2D eigenvalue weighted by Gasteiger charge is 2.19. The summed E-state index contributed by atoms with van der Waals surface area (Å²) in [7, 11) is 0. The Morgan fingerprint density at radius 2 is 2.32 bits per heavy atom. The summed E-state index contributed by atoms with van der Waals surface area (Å²) in [6, 6.07) is 9.22. The van der Waals surface area contributed by atoms with Gasteiger partial charge in [0.2, 0.25) is 5.91 Å². The Balaban J connectivity index is 1.92. The molecular weight excluding hydrogens is 240 g/mol. The molecule has 19 heavy (non-hydrogen) atoms. The lowest BCUT2D eigenvalue weighted by atomic mass is 10.1. The molecule has 1 atom stereocenters. The molecule has 3 N–H and O–H groups in total. The van der Waals surface area contributed by atoms with Crippen molar-refractivity contribution in [2.75, 3.05) is 25.0 Å². The summed E-state index contributed by atoms with van der Waals surface area (Å²) in [5, 5.41) is 11.7. The van der Waals surface area contributed by atoms with Crippen molar-refractivity contribution >= 4 is 11.6 Å². The molecule has 1 fully saturated rings. The maximum absolute atomic E-state index is 12.0. The molecule has 5 heteroatoms. The van der Waals surface area contributed by atoms with Gasteiger partial charge in [-0.1, -0.05) is 12.1 Å². The average Bonchev–Trinajstić information content (AvgIpc) is 2.39. The number of rotatable bonds is 3. The summed E-state index contributed by atoms with van der Waals surface area (Å²) >= 11 is 0. The molecule has 1 aliphatic heterocycles. The smallest absolute Gasteiger partial charge is 0.238 e. The van der Waals surface area contributed by atoms with Crippen molar-refractivity contribution in [1.29, 1.82) is 5.26 Å². The lowest BCUT2D eigenvalue weighted by Gasteiger charge is -2.29. The van der Waals surface area contributed by atoms with Crippen molar-refractivity contribution in [2.45, 2.75) is 18.9 Å². The van der Waals surface area contributed by atoms with Gasteiger partial charge in [-0.3, -0.25) is 9.69 Å². The summed E-state index contributed by atoms with van der Waals surface area (Å²) in [6.45, 7) is 1.99. The van der Waals surface area contributed by atoms with E-state index in [1.165, 1.54) is 0 Å². The van der Waals surface area contributed by atoms with E-state index >= 15 is 0 Å². The Morgan fingerprint density at radius 3 is 3.05 bits per heavy atom. The number of nitrogens with two attached hydrogens (primary N) is 1. The first-order chi connectivity index (χ1) is 9.19. The molecule has 0 aromatic heterocycles. The minimum atomic E-state index is -0.100. The van der Waals surface area contributed by atoms with Crippen LogP contribution in [0.5, 0.6) is 0 Å². The summed E-state index contributed by atoms with van der Waals surface area (Å²) in [6.07, 6.45) is 2.05. The zero-order valence-electron chi connectivity index (χ0n) is 10.8. The fourth-order valence-corrected chi connectivity index (χ4v) is 2.32. The SMILES string of the molecule is N#Cc1ccccc1NC(=O)CN1CCC[C@@H](N)C1. The quantitative estimate of drug-likeness (QED) is 0.844. The highest BCUT2D eigenvalue weighted by molar-refractivity contribution is 5.93. The fourth-order valence-electron chi connectivity index (χ4n) is 2.32. The third kappa shape index (κ3) is 3.78. The van der Waals surface area contributed by atoms with Crippen LogP contribution in [0.1, 0.15) is 18.4 Å². The maximum Gasteiger partial charge on any atom is 0.238 e. The predicted molar refractivity (Wildman–Crippen MR) is 73.4 cm³/mol. The number of nitrogens with zero attached hydrogens (tertiary/aromatic N) is 2. The molecule has 0 aliphatic carbocycles. The number of nitriles is 1. The van der Waals surface area contributed by atoms with Gasteiger partial charge in [0.05, 0.1) is 17.8 Å². The number of carbonyl (C=O) groups excluding carboxylic acids is 1. The predicted octanol–water partition coefficient (Wildman–Crippen LogP) is 0.920. The monoisotopic (exact) mass is 258 g/mol. The second kappa shape index (κ2) is 6.32. The van der Waals surface area contributed by atoms with E-state index in [1.807, 2.05) is 0 Å². The van der Waals surface area contributed by atoms with Crippen molar-refractivity contribution in [3.8, 4) is 6.07 Å². The Morgan fingerprint density at radius 1 is 1.53 bits per heavy atom. The van der Waals surface area contributed by atoms with E-state index in [1.54, 1.807) is 24.3 Å². The van der Waals surface area contributed by atoms with Crippen LogP contribution in [0.3, 0.4) is 0 Å². The van der Waals surface area contributed by atoms with E-state index in [2.05, 4.69) is 16.3 Å². The molecule has 1 heterocycles. The third-order valence-electron chi connectivity index (χ3n) is 3.23. The fraction of sp³-hybridized carbons (Fsp3) is 0.429. The standard InChI is InChI=1S/C14H18N4O/c15-8-11-4-1-2-6-13(11)17-14(19)10-18-7-3-5-12(16)9-18/h1-2,4,6,12H,3,5,7,9-10,16H2,(H,17,19)/t12-/m1/s1. The maximum atomic E-state index is 12.0. The van der Waals surface area contributed by atoms with E-state index in [0.717, 1.165) is 25.9 Å². The molecule has 1 aromatic carbocycles. The minimum absolute atomic E-state index is 0.100. The lowest BCUT2D eigenvalue weighted by Crippen LogP contribution is -2.45. The topological polar surface area (TPSA) is 82.2 Å². The number of carbonyl (C=O) groups is 1. The van der Waals surface area contributed by atoms with Crippen LogP contribution in [0, 0.1) is 11.3 Å². The number of benzene rings is 1. The van der Waals surface area contributed by atoms with Crippen molar-refractivity contribution in [1.82, 2.24) is 4.90 Å². The van der Waals surface area contributed by atoms with Gasteiger partial charge in [-0.2, -0.15) is 5.26 Å². The second-order valence-corrected chi connectivity index (χ2v) is 4.84. The largest absolute Gasteiger partial charge is 0.327 e. The first kappa shape index (κ1) is 13.5. The van der Waals surface area contributed by atoms with Crippen molar-refractivity contribution in [3.05, 3.63) is 29.8 Å². The molecule has 1 aliphatic rings. The van der Waals surface area contributed by atoms with Crippen LogP contribution in [0.2, 0.25) is 0 Å². The number of para-hydroxylation sites is 1. The van der Waals surface area contributed by atoms with E-state index in [9.17, 15) is 4.79 Å². The molecule has 0 unspecified atom stereocenters. The van der Waals surface area contributed by atoms with Crippen LogP contribution < -0.4 is 11.1 Å². The van der Waals surface area contributed by atoms with E-state index in [4.69, 9.17) is 11.0 Å². The normalized spacial score (nSPS) is 19.7. The van der Waals surface area contributed by atoms with Gasteiger partial charge in [0.25, 0.3) is 0 Å².